The first-order chi connectivity index (χ1) is 12.8. The Hall–Kier alpha value is -1.91. The molecule has 10 heteroatoms. The monoisotopic (exact) mass is 416 g/mol. The van der Waals surface area contributed by atoms with Crippen molar-refractivity contribution in [2.24, 2.45) is 0 Å². The number of nitrogens with zero attached hydrogens (tertiary/aromatic N) is 2. The molecule has 0 aliphatic carbocycles. The second-order valence-electron chi connectivity index (χ2n) is 5.54. The first-order valence-corrected chi connectivity index (χ1v) is 9.76. The minimum Gasteiger partial charge on any atom is -0.467 e. The number of sulfonamides is 1. The van der Waals surface area contributed by atoms with Gasteiger partial charge in [-0.05, 0) is 30.3 Å². The molecule has 2 rings (SSSR count). The molecule has 0 aliphatic heterocycles. The molecule has 0 radical (unpaired) electrons. The van der Waals surface area contributed by atoms with E-state index >= 15 is 0 Å². The van der Waals surface area contributed by atoms with Gasteiger partial charge in [0.05, 0.1) is 31.5 Å². The summed E-state index contributed by atoms with van der Waals surface area (Å²) in [6, 6.07) is 7.54. The molecule has 1 aromatic carbocycles. The van der Waals surface area contributed by atoms with Gasteiger partial charge in [0.2, 0.25) is 0 Å². The third-order valence-corrected chi connectivity index (χ3v) is 5.99. The normalized spacial score (nSPS) is 11.7. The number of amides is 1. The number of ether oxygens (including phenoxy) is 1. The maximum atomic E-state index is 13.0. The highest BCUT2D eigenvalue weighted by Gasteiger charge is 2.26. The molecule has 148 valence electrons. The van der Waals surface area contributed by atoms with Crippen molar-refractivity contribution < 1.29 is 27.2 Å². The maximum absolute atomic E-state index is 13.0. The highest BCUT2D eigenvalue weighted by molar-refractivity contribution is 7.89. The summed E-state index contributed by atoms with van der Waals surface area (Å²) < 4.78 is 36.1. The van der Waals surface area contributed by atoms with E-state index in [0.717, 1.165) is 0 Å². The van der Waals surface area contributed by atoms with Crippen LogP contribution in [0, 0.1) is 0 Å². The summed E-state index contributed by atoms with van der Waals surface area (Å²) in [4.78, 5) is 19.0. The number of carbonyl (C=O) groups is 1. The van der Waals surface area contributed by atoms with Crippen molar-refractivity contribution in [2.45, 2.75) is 11.4 Å². The molecule has 0 N–H and O–H groups in total. The Balaban J connectivity index is 2.36. The number of hydrogen-bond acceptors (Lipinski definition) is 6. The van der Waals surface area contributed by atoms with Gasteiger partial charge < -0.3 is 14.1 Å². The van der Waals surface area contributed by atoms with E-state index in [1.807, 2.05) is 0 Å². The average molecular weight is 417 g/mol. The molecule has 0 saturated carbocycles. The minimum atomic E-state index is -4.00. The van der Waals surface area contributed by atoms with Gasteiger partial charge in [-0.15, -0.1) is 0 Å². The molecule has 2 aromatic rings. The highest BCUT2D eigenvalue weighted by Crippen LogP contribution is 2.26. The van der Waals surface area contributed by atoms with Crippen LogP contribution >= 0.6 is 11.6 Å². The van der Waals surface area contributed by atoms with E-state index in [1.165, 1.54) is 50.6 Å². The fourth-order valence-electron chi connectivity index (χ4n) is 2.30. The van der Waals surface area contributed by atoms with Crippen molar-refractivity contribution in [3.63, 3.8) is 0 Å². The molecule has 0 fully saturated rings. The third kappa shape index (κ3) is 5.08. The van der Waals surface area contributed by atoms with Crippen molar-refractivity contribution in [1.29, 1.82) is 0 Å². The van der Waals surface area contributed by atoms with Crippen LogP contribution in [-0.4, -0.2) is 58.1 Å². The second-order valence-corrected chi connectivity index (χ2v) is 7.85. The summed E-state index contributed by atoms with van der Waals surface area (Å²) in [5.41, 5.74) is 0.171. The fourth-order valence-corrected chi connectivity index (χ4v) is 3.77. The largest absolute Gasteiger partial charge is 0.467 e. The Labute approximate surface area is 163 Å². The Bertz CT molecular complexity index is 870. The molecule has 1 aromatic heterocycles. The number of rotatable bonds is 9. The van der Waals surface area contributed by atoms with Crippen LogP contribution in [-0.2, 0) is 26.1 Å². The molecule has 27 heavy (non-hydrogen) atoms. The highest BCUT2D eigenvalue weighted by atomic mass is 35.5. The summed E-state index contributed by atoms with van der Waals surface area (Å²) in [5.74, 6) is 0.219. The molecule has 0 saturated heterocycles. The number of furan rings is 1. The van der Waals surface area contributed by atoms with Gasteiger partial charge in [0, 0.05) is 26.3 Å². The lowest BCUT2D eigenvalue weighted by Crippen LogP contribution is -2.33. The molecule has 0 aliphatic rings. The number of hydrogen-bond donors (Lipinski definition) is 0. The van der Waals surface area contributed by atoms with E-state index in [9.17, 15) is 13.2 Å². The van der Waals surface area contributed by atoms with E-state index in [2.05, 4.69) is 0 Å². The zero-order valence-corrected chi connectivity index (χ0v) is 16.8. The number of benzene rings is 1. The Morgan fingerprint density at radius 3 is 2.59 bits per heavy atom. The molecule has 0 spiro atoms. The predicted octanol–water partition coefficient (Wildman–Crippen LogP) is 2.40. The molecular formula is C17H21ClN2O6S. The van der Waals surface area contributed by atoms with Gasteiger partial charge in [-0.3, -0.25) is 9.63 Å². The Kier molecular flexibility index (Phi) is 7.40. The quantitative estimate of drug-likeness (QED) is 0.583. The molecule has 1 heterocycles. The van der Waals surface area contributed by atoms with Crippen LogP contribution in [0.5, 0.6) is 0 Å². The fraction of sp³-hybridized carbons (Fsp3) is 0.353. The van der Waals surface area contributed by atoms with Crippen LogP contribution in [0.2, 0.25) is 5.02 Å². The average Bonchev–Trinajstić information content (AvgIpc) is 3.17. The summed E-state index contributed by atoms with van der Waals surface area (Å²) in [6.45, 7) is 0.841. The lowest BCUT2D eigenvalue weighted by Gasteiger charge is -2.22. The SMILES string of the molecule is COCCN(Cc1ccco1)C(=O)c1ccc(Cl)c(S(=O)(=O)N(C)OC)c1. The van der Waals surface area contributed by atoms with Crippen LogP contribution in [0.25, 0.3) is 0 Å². The van der Waals surface area contributed by atoms with Gasteiger partial charge >= 0.3 is 0 Å². The second kappa shape index (κ2) is 9.34. The van der Waals surface area contributed by atoms with Crippen molar-refractivity contribution in [3.05, 3.63) is 52.9 Å². The topological polar surface area (TPSA) is 89.3 Å². The predicted molar refractivity (Wildman–Crippen MR) is 98.7 cm³/mol. The van der Waals surface area contributed by atoms with Crippen molar-refractivity contribution in [3.8, 4) is 0 Å². The first-order valence-electron chi connectivity index (χ1n) is 7.94. The van der Waals surface area contributed by atoms with Gasteiger partial charge in [0.1, 0.15) is 10.7 Å². The molecule has 1 amide bonds. The van der Waals surface area contributed by atoms with Gasteiger partial charge in [-0.1, -0.05) is 16.1 Å². The van der Waals surface area contributed by atoms with Gasteiger partial charge in [0.25, 0.3) is 15.9 Å². The lowest BCUT2D eigenvalue weighted by atomic mass is 10.2. The lowest BCUT2D eigenvalue weighted by molar-refractivity contribution is -0.0258. The molecular weight excluding hydrogens is 396 g/mol. The zero-order chi connectivity index (χ0) is 20.0. The van der Waals surface area contributed by atoms with Crippen LogP contribution in [0.1, 0.15) is 16.1 Å². The van der Waals surface area contributed by atoms with Gasteiger partial charge in [-0.25, -0.2) is 8.42 Å². The summed E-state index contributed by atoms with van der Waals surface area (Å²) in [5, 5.41) is -0.00933. The zero-order valence-electron chi connectivity index (χ0n) is 15.2. The number of carbonyl (C=O) groups excluding carboxylic acids is 1. The van der Waals surface area contributed by atoms with Crippen LogP contribution in [0.15, 0.2) is 45.9 Å². The van der Waals surface area contributed by atoms with Crippen molar-refractivity contribution in [1.82, 2.24) is 9.37 Å². The van der Waals surface area contributed by atoms with E-state index in [4.69, 9.17) is 25.6 Å². The van der Waals surface area contributed by atoms with Crippen molar-refractivity contribution in [2.75, 3.05) is 34.4 Å². The summed E-state index contributed by atoms with van der Waals surface area (Å²) in [6.07, 6.45) is 1.52. The third-order valence-electron chi connectivity index (χ3n) is 3.83. The first kappa shape index (κ1) is 21.4. The van der Waals surface area contributed by atoms with E-state index in [-0.39, 0.29) is 27.9 Å². The van der Waals surface area contributed by atoms with Crippen LogP contribution in [0.4, 0.5) is 0 Å². The number of hydroxylamine groups is 1. The Morgan fingerprint density at radius 1 is 1.26 bits per heavy atom. The molecule has 0 atom stereocenters. The smallest absolute Gasteiger partial charge is 0.266 e. The van der Waals surface area contributed by atoms with E-state index < -0.39 is 10.0 Å². The standard InChI is InChI=1S/C17H21ClN2O6S/c1-19(25-3)27(22,23)16-11-13(6-7-15(16)18)17(21)20(8-10-24-2)12-14-5-4-9-26-14/h4-7,9,11H,8,10,12H2,1-3H3. The van der Waals surface area contributed by atoms with Crippen molar-refractivity contribution >= 4 is 27.5 Å². The molecule has 8 nitrogen and oxygen atoms in total. The van der Waals surface area contributed by atoms with E-state index in [1.54, 1.807) is 12.1 Å². The van der Waals surface area contributed by atoms with Gasteiger partial charge in [0.15, 0.2) is 0 Å². The summed E-state index contributed by atoms with van der Waals surface area (Å²) in [7, 11) is -0.0156. The van der Waals surface area contributed by atoms with Crippen LogP contribution < -0.4 is 0 Å². The minimum absolute atomic E-state index is 0.00933. The summed E-state index contributed by atoms with van der Waals surface area (Å²) >= 11 is 6.04. The van der Waals surface area contributed by atoms with Gasteiger partial charge in [-0.2, -0.15) is 0 Å². The van der Waals surface area contributed by atoms with E-state index in [0.29, 0.717) is 23.4 Å². The molecule has 0 unspecified atom stereocenters. The Morgan fingerprint density at radius 2 is 2.00 bits per heavy atom. The van der Waals surface area contributed by atoms with Crippen LogP contribution in [0.3, 0.4) is 0 Å². The number of halogens is 1. The molecule has 0 bridgehead atoms. The number of methoxy groups -OCH3 is 1. The maximum Gasteiger partial charge on any atom is 0.266 e.